The molecule has 1 rings (SSSR count). The second-order valence-electron chi connectivity index (χ2n) is 1.33. The first-order chi connectivity index (χ1) is 3.79. The van der Waals surface area contributed by atoms with Gasteiger partial charge < -0.3 is 5.11 Å². The molecule has 3 heteroatoms. The molecule has 0 saturated heterocycles. The number of amides is 1. The Bertz CT molecular complexity index is 169. The third-order valence-electron chi connectivity index (χ3n) is 0.709. The van der Waals surface area contributed by atoms with Gasteiger partial charge in [0.1, 0.15) is 0 Å². The largest absolute Gasteiger partial charge is 0.493 e. The molecular formula is C5H4NO2. The van der Waals surface area contributed by atoms with E-state index in [1.165, 1.54) is 18.2 Å². The van der Waals surface area contributed by atoms with Crippen LogP contribution in [0.4, 0.5) is 0 Å². The number of hydrogen-bond acceptors (Lipinski definition) is 2. The van der Waals surface area contributed by atoms with Crippen LogP contribution in [-0.2, 0) is 4.79 Å². The Hall–Kier alpha value is -1.25. The monoisotopic (exact) mass is 110 g/mol. The van der Waals surface area contributed by atoms with E-state index in [1.54, 1.807) is 0 Å². The predicted molar refractivity (Wildman–Crippen MR) is 27.0 cm³/mol. The number of allylic oxidation sites excluding steroid dienone is 2. The molecule has 0 unspecified atom stereocenters. The highest BCUT2D eigenvalue weighted by atomic mass is 16.3. The van der Waals surface area contributed by atoms with Crippen molar-refractivity contribution in [3.8, 4) is 0 Å². The average molecular weight is 110 g/mol. The molecular weight excluding hydrogens is 106 g/mol. The Morgan fingerprint density at radius 2 is 2.38 bits per heavy atom. The van der Waals surface area contributed by atoms with Crippen LogP contribution in [0.1, 0.15) is 0 Å². The second kappa shape index (κ2) is 1.69. The SMILES string of the molecule is O=C1C=CC=C(O)[N]1. The molecule has 41 valence electrons. The third kappa shape index (κ3) is 0.872. The first-order valence-electron chi connectivity index (χ1n) is 2.12. The summed E-state index contributed by atoms with van der Waals surface area (Å²) in [5.41, 5.74) is 0. The normalized spacial score (nSPS) is 17.5. The number of nitrogens with zero attached hydrogens (tertiary/aromatic N) is 1. The van der Waals surface area contributed by atoms with Crippen molar-refractivity contribution in [2.45, 2.75) is 0 Å². The third-order valence-corrected chi connectivity index (χ3v) is 0.709. The van der Waals surface area contributed by atoms with E-state index in [0.717, 1.165) is 0 Å². The van der Waals surface area contributed by atoms with Crippen molar-refractivity contribution < 1.29 is 9.90 Å². The van der Waals surface area contributed by atoms with Crippen LogP contribution in [-0.4, -0.2) is 11.0 Å². The van der Waals surface area contributed by atoms with Crippen LogP contribution in [0.3, 0.4) is 0 Å². The Balaban J connectivity index is 2.73. The van der Waals surface area contributed by atoms with Crippen LogP contribution < -0.4 is 5.32 Å². The summed E-state index contributed by atoms with van der Waals surface area (Å²) in [5.74, 6) is -0.637. The molecule has 0 aromatic heterocycles. The van der Waals surface area contributed by atoms with Gasteiger partial charge in [0.05, 0.1) is 0 Å². The fourth-order valence-corrected chi connectivity index (χ4v) is 0.404. The lowest BCUT2D eigenvalue weighted by atomic mass is 10.4. The van der Waals surface area contributed by atoms with E-state index >= 15 is 0 Å². The Morgan fingerprint density at radius 1 is 1.62 bits per heavy atom. The van der Waals surface area contributed by atoms with Crippen molar-refractivity contribution >= 4 is 5.91 Å². The van der Waals surface area contributed by atoms with E-state index in [4.69, 9.17) is 5.11 Å². The topological polar surface area (TPSA) is 51.4 Å². The van der Waals surface area contributed by atoms with Gasteiger partial charge in [0, 0.05) is 12.2 Å². The number of aliphatic hydroxyl groups is 1. The van der Waals surface area contributed by atoms with Gasteiger partial charge in [0.2, 0.25) is 5.88 Å². The van der Waals surface area contributed by atoms with Gasteiger partial charge in [-0.1, -0.05) is 6.08 Å². The quantitative estimate of drug-likeness (QED) is 0.480. The Morgan fingerprint density at radius 3 is 2.75 bits per heavy atom. The highest BCUT2D eigenvalue weighted by molar-refractivity contribution is 5.89. The van der Waals surface area contributed by atoms with E-state index in [-0.39, 0.29) is 5.88 Å². The molecule has 0 saturated carbocycles. The molecule has 0 fully saturated rings. The molecule has 3 nitrogen and oxygen atoms in total. The zero-order valence-electron chi connectivity index (χ0n) is 4.03. The highest BCUT2D eigenvalue weighted by Gasteiger charge is 2.03. The molecule has 0 aromatic rings. The number of aliphatic hydroxyl groups excluding tert-OH is 1. The Kier molecular flexibility index (Phi) is 1.04. The molecule has 8 heavy (non-hydrogen) atoms. The van der Waals surface area contributed by atoms with Gasteiger partial charge in [-0.3, -0.25) is 4.79 Å². The standard InChI is InChI=1S/C5H4NO2/c7-4-2-1-3-5(8)6-4/h1-3,7H. The van der Waals surface area contributed by atoms with Gasteiger partial charge in [-0.15, -0.1) is 0 Å². The molecule has 0 spiro atoms. The van der Waals surface area contributed by atoms with Crippen molar-refractivity contribution in [1.29, 1.82) is 0 Å². The zero-order chi connectivity index (χ0) is 5.98. The smallest absolute Gasteiger partial charge is 0.272 e. The van der Waals surface area contributed by atoms with Crippen molar-refractivity contribution in [1.82, 2.24) is 5.32 Å². The lowest BCUT2D eigenvalue weighted by Gasteiger charge is -1.97. The minimum Gasteiger partial charge on any atom is -0.493 e. The van der Waals surface area contributed by atoms with Crippen molar-refractivity contribution in [3.05, 3.63) is 24.1 Å². The first-order valence-corrected chi connectivity index (χ1v) is 2.12. The first kappa shape index (κ1) is 4.90. The van der Waals surface area contributed by atoms with E-state index in [1.807, 2.05) is 0 Å². The summed E-state index contributed by atoms with van der Waals surface area (Å²) in [6.45, 7) is 0. The maximum atomic E-state index is 10.2. The molecule has 0 bridgehead atoms. The summed E-state index contributed by atoms with van der Waals surface area (Å²) in [5, 5.41) is 11.7. The van der Waals surface area contributed by atoms with E-state index in [0.29, 0.717) is 0 Å². The van der Waals surface area contributed by atoms with Crippen molar-refractivity contribution in [2.24, 2.45) is 0 Å². The van der Waals surface area contributed by atoms with Gasteiger partial charge in [0.15, 0.2) is 0 Å². The summed E-state index contributed by atoms with van der Waals surface area (Å²) in [6, 6.07) is 0. The summed E-state index contributed by atoms with van der Waals surface area (Å²) in [6.07, 6.45) is 4.08. The van der Waals surface area contributed by atoms with Gasteiger partial charge in [0.25, 0.3) is 5.91 Å². The van der Waals surface area contributed by atoms with Gasteiger partial charge in [-0.2, -0.15) is 5.32 Å². The number of carbonyl (C=O) groups excluding carboxylic acids is 1. The van der Waals surface area contributed by atoms with Gasteiger partial charge in [-0.05, 0) is 0 Å². The van der Waals surface area contributed by atoms with Crippen LogP contribution in [0.2, 0.25) is 0 Å². The fraction of sp³-hybridized carbons (Fsp3) is 0. The predicted octanol–water partition coefficient (Wildman–Crippen LogP) is 0.0866. The van der Waals surface area contributed by atoms with Crippen LogP contribution >= 0.6 is 0 Å². The van der Waals surface area contributed by atoms with Crippen LogP contribution in [0.15, 0.2) is 24.1 Å². The fourth-order valence-electron chi connectivity index (χ4n) is 0.404. The van der Waals surface area contributed by atoms with E-state index < -0.39 is 5.91 Å². The average Bonchev–Trinajstić information content (AvgIpc) is 1.64. The molecule has 0 atom stereocenters. The van der Waals surface area contributed by atoms with E-state index in [9.17, 15) is 4.79 Å². The molecule has 1 amide bonds. The minimum atomic E-state index is -0.412. The summed E-state index contributed by atoms with van der Waals surface area (Å²) >= 11 is 0. The highest BCUT2D eigenvalue weighted by Crippen LogP contribution is 1.92. The molecule has 1 radical (unpaired) electrons. The minimum absolute atomic E-state index is 0.225. The zero-order valence-corrected chi connectivity index (χ0v) is 4.03. The summed E-state index contributed by atoms with van der Waals surface area (Å²) < 4.78 is 0. The molecule has 1 aliphatic heterocycles. The van der Waals surface area contributed by atoms with Crippen LogP contribution in [0.25, 0.3) is 0 Å². The van der Waals surface area contributed by atoms with Crippen molar-refractivity contribution in [2.75, 3.05) is 0 Å². The van der Waals surface area contributed by atoms with Crippen molar-refractivity contribution in [3.63, 3.8) is 0 Å². The van der Waals surface area contributed by atoms with Gasteiger partial charge >= 0.3 is 0 Å². The van der Waals surface area contributed by atoms with E-state index in [2.05, 4.69) is 5.32 Å². The lowest BCUT2D eigenvalue weighted by Crippen LogP contribution is -2.13. The second-order valence-corrected chi connectivity index (χ2v) is 1.33. The lowest BCUT2D eigenvalue weighted by molar-refractivity contribution is -0.116. The summed E-state index contributed by atoms with van der Waals surface area (Å²) in [4.78, 5) is 10.2. The molecule has 1 heterocycles. The maximum absolute atomic E-state index is 10.2. The summed E-state index contributed by atoms with van der Waals surface area (Å²) in [7, 11) is 0. The van der Waals surface area contributed by atoms with Gasteiger partial charge in [-0.25, -0.2) is 0 Å². The molecule has 1 aliphatic rings. The number of hydrogen-bond donors (Lipinski definition) is 1. The van der Waals surface area contributed by atoms with Crippen LogP contribution in [0, 0.1) is 0 Å². The molecule has 0 aromatic carbocycles. The number of rotatable bonds is 0. The molecule has 1 N–H and O–H groups in total. The molecule has 0 aliphatic carbocycles. The van der Waals surface area contributed by atoms with Crippen LogP contribution in [0.5, 0.6) is 0 Å². The number of carbonyl (C=O) groups is 1. The Labute approximate surface area is 46.3 Å². The maximum Gasteiger partial charge on any atom is 0.272 e.